The van der Waals surface area contributed by atoms with Gasteiger partial charge in [0.2, 0.25) is 5.91 Å². The molecule has 3 amide bonds. The van der Waals surface area contributed by atoms with Crippen LogP contribution in [0.5, 0.6) is 0 Å². The van der Waals surface area contributed by atoms with E-state index in [4.69, 9.17) is 10.5 Å². The molecule has 0 atom stereocenters. The third-order valence-corrected chi connectivity index (χ3v) is 3.28. The molecule has 1 fully saturated rings. The molecule has 0 saturated carbocycles. The van der Waals surface area contributed by atoms with Gasteiger partial charge in [-0.15, -0.1) is 0 Å². The number of piperidine rings is 1. The van der Waals surface area contributed by atoms with Crippen molar-refractivity contribution in [2.75, 3.05) is 32.8 Å². The second-order valence-electron chi connectivity index (χ2n) is 5.66. The molecule has 0 aromatic carbocycles. The highest BCUT2D eigenvalue weighted by Gasteiger charge is 2.21. The zero-order valence-electron chi connectivity index (χ0n) is 13.1. The van der Waals surface area contributed by atoms with E-state index < -0.39 is 6.03 Å². The van der Waals surface area contributed by atoms with E-state index in [2.05, 4.69) is 10.6 Å². The van der Waals surface area contributed by atoms with Gasteiger partial charge < -0.3 is 15.8 Å². The first kappa shape index (κ1) is 17.9. The number of nitrogens with zero attached hydrogens (tertiary/aromatic N) is 1. The van der Waals surface area contributed by atoms with E-state index >= 15 is 0 Å². The Hall–Kier alpha value is -1.18. The standard InChI is InChI=1S/C14H28N4O3/c1-11(2)16-14(20)17-13(19)10-18-7-4-12(5-8-18)21-9-3-6-15/h11-12H,3-10,15H2,1-2H3,(H2,16,17,19,20). The number of hydrogen-bond donors (Lipinski definition) is 3. The van der Waals surface area contributed by atoms with Gasteiger partial charge in [-0.25, -0.2) is 4.79 Å². The van der Waals surface area contributed by atoms with Gasteiger partial charge in [-0.05, 0) is 39.7 Å². The monoisotopic (exact) mass is 300 g/mol. The van der Waals surface area contributed by atoms with Gasteiger partial charge in [0.15, 0.2) is 0 Å². The molecule has 7 heteroatoms. The smallest absolute Gasteiger partial charge is 0.321 e. The van der Waals surface area contributed by atoms with Crippen LogP contribution in [-0.4, -0.2) is 61.8 Å². The molecule has 1 aliphatic heterocycles. The highest BCUT2D eigenvalue weighted by Crippen LogP contribution is 2.13. The average Bonchev–Trinajstić information content (AvgIpc) is 2.39. The van der Waals surface area contributed by atoms with E-state index in [9.17, 15) is 9.59 Å². The van der Waals surface area contributed by atoms with Crippen molar-refractivity contribution in [1.29, 1.82) is 0 Å². The third-order valence-electron chi connectivity index (χ3n) is 3.28. The minimum Gasteiger partial charge on any atom is -0.378 e. The van der Waals surface area contributed by atoms with Crippen molar-refractivity contribution in [3.63, 3.8) is 0 Å². The molecule has 0 aromatic heterocycles. The first-order valence-corrected chi connectivity index (χ1v) is 7.65. The minimum absolute atomic E-state index is 0.0132. The number of likely N-dealkylation sites (tertiary alicyclic amines) is 1. The van der Waals surface area contributed by atoms with Crippen molar-refractivity contribution >= 4 is 11.9 Å². The molecule has 7 nitrogen and oxygen atoms in total. The van der Waals surface area contributed by atoms with Gasteiger partial charge in [-0.2, -0.15) is 0 Å². The zero-order valence-corrected chi connectivity index (χ0v) is 13.1. The SMILES string of the molecule is CC(C)NC(=O)NC(=O)CN1CCC(OCCCN)CC1. The fourth-order valence-corrected chi connectivity index (χ4v) is 2.23. The van der Waals surface area contributed by atoms with Crippen LogP contribution in [0.1, 0.15) is 33.1 Å². The topological polar surface area (TPSA) is 96.7 Å². The quantitative estimate of drug-likeness (QED) is 0.577. The Balaban J connectivity index is 2.17. The van der Waals surface area contributed by atoms with Crippen molar-refractivity contribution < 1.29 is 14.3 Å². The van der Waals surface area contributed by atoms with Gasteiger partial charge >= 0.3 is 6.03 Å². The molecule has 0 bridgehead atoms. The van der Waals surface area contributed by atoms with E-state index in [1.807, 2.05) is 18.7 Å². The van der Waals surface area contributed by atoms with Gasteiger partial charge in [-0.1, -0.05) is 0 Å². The maximum atomic E-state index is 11.7. The van der Waals surface area contributed by atoms with Crippen molar-refractivity contribution in [1.82, 2.24) is 15.5 Å². The van der Waals surface area contributed by atoms with Crippen LogP contribution in [0, 0.1) is 0 Å². The van der Waals surface area contributed by atoms with Crippen LogP contribution in [0.15, 0.2) is 0 Å². The van der Waals surface area contributed by atoms with Gasteiger partial charge in [0.25, 0.3) is 0 Å². The summed E-state index contributed by atoms with van der Waals surface area (Å²) in [7, 11) is 0. The Morgan fingerprint density at radius 2 is 2.00 bits per heavy atom. The maximum absolute atomic E-state index is 11.7. The summed E-state index contributed by atoms with van der Waals surface area (Å²) in [6, 6.07) is -0.422. The van der Waals surface area contributed by atoms with E-state index in [0.717, 1.165) is 32.4 Å². The summed E-state index contributed by atoms with van der Waals surface area (Å²) in [5.41, 5.74) is 5.43. The van der Waals surface area contributed by atoms with Crippen LogP contribution in [-0.2, 0) is 9.53 Å². The van der Waals surface area contributed by atoms with Crippen molar-refractivity contribution in [2.45, 2.75) is 45.3 Å². The molecule has 0 aliphatic carbocycles. The van der Waals surface area contributed by atoms with Crippen LogP contribution in [0.25, 0.3) is 0 Å². The number of carbonyl (C=O) groups is 2. The second-order valence-corrected chi connectivity index (χ2v) is 5.66. The Kier molecular flexibility index (Phi) is 8.26. The molecule has 0 radical (unpaired) electrons. The highest BCUT2D eigenvalue weighted by molar-refractivity contribution is 5.95. The number of hydrogen-bond acceptors (Lipinski definition) is 5. The summed E-state index contributed by atoms with van der Waals surface area (Å²) >= 11 is 0. The van der Waals surface area contributed by atoms with Gasteiger partial charge in [0, 0.05) is 25.7 Å². The van der Waals surface area contributed by atoms with Crippen LogP contribution in [0.2, 0.25) is 0 Å². The number of urea groups is 1. The highest BCUT2D eigenvalue weighted by atomic mass is 16.5. The Morgan fingerprint density at radius 3 is 2.57 bits per heavy atom. The number of carbonyl (C=O) groups excluding carboxylic acids is 2. The molecular formula is C14H28N4O3. The summed E-state index contributed by atoms with van der Waals surface area (Å²) in [4.78, 5) is 25.2. The summed E-state index contributed by atoms with van der Waals surface area (Å²) < 4.78 is 5.71. The summed E-state index contributed by atoms with van der Waals surface area (Å²) in [5, 5.41) is 4.96. The molecule has 1 rings (SSSR count). The van der Waals surface area contributed by atoms with Gasteiger partial charge in [-0.3, -0.25) is 15.0 Å². The van der Waals surface area contributed by atoms with Crippen LogP contribution < -0.4 is 16.4 Å². The molecule has 122 valence electrons. The molecular weight excluding hydrogens is 272 g/mol. The molecule has 1 aliphatic rings. The van der Waals surface area contributed by atoms with Crippen molar-refractivity contribution in [3.05, 3.63) is 0 Å². The predicted octanol–water partition coefficient (Wildman–Crippen LogP) is 0.0504. The number of amides is 3. The molecule has 1 heterocycles. The second kappa shape index (κ2) is 9.70. The fraction of sp³-hybridized carbons (Fsp3) is 0.857. The third kappa shape index (κ3) is 7.99. The van der Waals surface area contributed by atoms with Crippen LogP contribution in [0.4, 0.5) is 4.79 Å². The van der Waals surface area contributed by atoms with Crippen LogP contribution in [0.3, 0.4) is 0 Å². The molecule has 0 aromatic rings. The van der Waals surface area contributed by atoms with Crippen molar-refractivity contribution in [3.8, 4) is 0 Å². The number of nitrogens with two attached hydrogens (primary N) is 1. The van der Waals surface area contributed by atoms with E-state index in [1.165, 1.54) is 0 Å². The van der Waals surface area contributed by atoms with Gasteiger partial charge in [0.05, 0.1) is 12.6 Å². The van der Waals surface area contributed by atoms with Crippen molar-refractivity contribution in [2.24, 2.45) is 5.73 Å². The number of imide groups is 1. The average molecular weight is 300 g/mol. The molecule has 0 spiro atoms. The lowest BCUT2D eigenvalue weighted by molar-refractivity contribution is -0.121. The lowest BCUT2D eigenvalue weighted by Crippen LogP contribution is -2.48. The molecule has 21 heavy (non-hydrogen) atoms. The predicted molar refractivity (Wildman–Crippen MR) is 80.9 cm³/mol. The Bertz CT molecular complexity index is 328. The van der Waals surface area contributed by atoms with E-state index in [-0.39, 0.29) is 24.6 Å². The normalized spacial score (nSPS) is 17.0. The number of ether oxygens (including phenoxy) is 1. The van der Waals surface area contributed by atoms with E-state index in [0.29, 0.717) is 13.2 Å². The Labute approximate surface area is 126 Å². The van der Waals surface area contributed by atoms with Gasteiger partial charge in [0.1, 0.15) is 0 Å². The molecule has 0 unspecified atom stereocenters. The minimum atomic E-state index is -0.435. The lowest BCUT2D eigenvalue weighted by Gasteiger charge is -2.31. The zero-order chi connectivity index (χ0) is 15.7. The maximum Gasteiger partial charge on any atom is 0.321 e. The van der Waals surface area contributed by atoms with E-state index in [1.54, 1.807) is 0 Å². The number of rotatable bonds is 7. The lowest BCUT2D eigenvalue weighted by atomic mass is 10.1. The fourth-order valence-electron chi connectivity index (χ4n) is 2.23. The first-order chi connectivity index (χ1) is 10.0. The molecule has 1 saturated heterocycles. The molecule has 4 N–H and O–H groups in total. The number of nitrogens with one attached hydrogen (secondary N) is 2. The summed E-state index contributed by atoms with van der Waals surface area (Å²) in [6.07, 6.45) is 2.97. The first-order valence-electron chi connectivity index (χ1n) is 7.65. The largest absolute Gasteiger partial charge is 0.378 e. The summed E-state index contributed by atoms with van der Waals surface area (Å²) in [6.45, 7) is 6.92. The Morgan fingerprint density at radius 1 is 1.33 bits per heavy atom. The van der Waals surface area contributed by atoms with Crippen LogP contribution >= 0.6 is 0 Å². The summed E-state index contributed by atoms with van der Waals surface area (Å²) in [5.74, 6) is -0.268.